The van der Waals surface area contributed by atoms with Gasteiger partial charge in [0.05, 0.1) is 10.6 Å². The van der Waals surface area contributed by atoms with Gasteiger partial charge in [-0.15, -0.1) is 0 Å². The molecule has 180 valence electrons. The highest BCUT2D eigenvalue weighted by molar-refractivity contribution is 7.91. The molecule has 7 heteroatoms. The standard InChI is InChI=1S/C26H36N2O4S/c1-6-33(30,31)24-11-9-23(10-12-24)28-15-13-22(14-16-28)27-26(29)20(5)32-25-17-21(18(2)3)8-7-19(25)4/h7-12,17-18,20,22H,6,13-16H2,1-5H3,(H,27,29). The van der Waals surface area contributed by atoms with E-state index in [1.54, 1.807) is 26.0 Å². The number of sulfone groups is 1. The van der Waals surface area contributed by atoms with Gasteiger partial charge in [0.25, 0.3) is 5.91 Å². The summed E-state index contributed by atoms with van der Waals surface area (Å²) in [5.74, 6) is 1.15. The summed E-state index contributed by atoms with van der Waals surface area (Å²) in [6, 6.07) is 13.4. The monoisotopic (exact) mass is 472 g/mol. The highest BCUT2D eigenvalue weighted by Crippen LogP contribution is 2.26. The summed E-state index contributed by atoms with van der Waals surface area (Å²) < 4.78 is 30.0. The Balaban J connectivity index is 1.52. The second-order valence-corrected chi connectivity index (χ2v) is 11.4. The number of anilines is 1. The number of piperidine rings is 1. The number of hydrogen-bond acceptors (Lipinski definition) is 5. The molecule has 33 heavy (non-hydrogen) atoms. The highest BCUT2D eigenvalue weighted by Gasteiger charge is 2.24. The first-order chi connectivity index (χ1) is 15.6. The van der Waals surface area contributed by atoms with Gasteiger partial charge in [-0.3, -0.25) is 4.79 Å². The summed E-state index contributed by atoms with van der Waals surface area (Å²) in [5.41, 5.74) is 3.22. The molecule has 1 amide bonds. The summed E-state index contributed by atoms with van der Waals surface area (Å²) in [4.78, 5) is 15.3. The number of hydrogen-bond donors (Lipinski definition) is 1. The third kappa shape index (κ3) is 6.28. The molecule has 1 unspecified atom stereocenters. The number of nitrogens with one attached hydrogen (secondary N) is 1. The van der Waals surface area contributed by atoms with Crippen molar-refractivity contribution in [2.24, 2.45) is 0 Å². The molecule has 1 atom stereocenters. The van der Waals surface area contributed by atoms with Gasteiger partial charge in [0.15, 0.2) is 15.9 Å². The molecular formula is C26H36N2O4S. The number of ether oxygens (including phenoxy) is 1. The second-order valence-electron chi connectivity index (χ2n) is 9.11. The van der Waals surface area contributed by atoms with E-state index in [0.29, 0.717) is 10.8 Å². The fourth-order valence-electron chi connectivity index (χ4n) is 3.98. The van der Waals surface area contributed by atoms with Gasteiger partial charge >= 0.3 is 0 Å². The van der Waals surface area contributed by atoms with Crippen LogP contribution in [0.1, 0.15) is 57.6 Å². The van der Waals surface area contributed by atoms with E-state index in [2.05, 4.69) is 30.1 Å². The lowest BCUT2D eigenvalue weighted by atomic mass is 10.0. The maximum atomic E-state index is 12.8. The van der Waals surface area contributed by atoms with Crippen LogP contribution in [0.15, 0.2) is 47.4 Å². The minimum atomic E-state index is -3.19. The van der Waals surface area contributed by atoms with Crippen molar-refractivity contribution < 1.29 is 17.9 Å². The predicted molar refractivity (Wildman–Crippen MR) is 133 cm³/mol. The lowest BCUT2D eigenvalue weighted by molar-refractivity contribution is -0.128. The second kappa shape index (κ2) is 10.6. The Morgan fingerprint density at radius 3 is 2.30 bits per heavy atom. The van der Waals surface area contributed by atoms with Gasteiger partial charge in [-0.2, -0.15) is 0 Å². The van der Waals surface area contributed by atoms with E-state index in [4.69, 9.17) is 4.74 Å². The van der Waals surface area contributed by atoms with Gasteiger partial charge in [0, 0.05) is 24.8 Å². The molecule has 0 radical (unpaired) electrons. The van der Waals surface area contributed by atoms with E-state index in [9.17, 15) is 13.2 Å². The predicted octanol–water partition coefficient (Wildman–Crippen LogP) is 4.46. The van der Waals surface area contributed by atoms with Crippen molar-refractivity contribution in [3.8, 4) is 5.75 Å². The van der Waals surface area contributed by atoms with Crippen LogP contribution in [-0.2, 0) is 14.6 Å². The molecule has 6 nitrogen and oxygen atoms in total. The molecule has 0 aliphatic carbocycles. The summed E-state index contributed by atoms with van der Waals surface area (Å²) in [7, 11) is -3.19. The Hall–Kier alpha value is -2.54. The molecule has 2 aromatic carbocycles. The van der Waals surface area contributed by atoms with Crippen LogP contribution in [0.4, 0.5) is 5.69 Å². The van der Waals surface area contributed by atoms with Crippen LogP contribution in [-0.4, -0.2) is 45.3 Å². The molecule has 0 saturated carbocycles. The third-order valence-electron chi connectivity index (χ3n) is 6.33. The normalized spacial score (nSPS) is 16.0. The van der Waals surface area contributed by atoms with Crippen LogP contribution >= 0.6 is 0 Å². The Labute approximate surface area is 198 Å². The fraction of sp³-hybridized carbons (Fsp3) is 0.500. The van der Waals surface area contributed by atoms with Crippen LogP contribution < -0.4 is 15.0 Å². The zero-order valence-electron chi connectivity index (χ0n) is 20.3. The van der Waals surface area contributed by atoms with Crippen molar-refractivity contribution in [2.75, 3.05) is 23.7 Å². The molecular weight excluding hydrogens is 436 g/mol. The Morgan fingerprint density at radius 1 is 1.09 bits per heavy atom. The van der Waals surface area contributed by atoms with E-state index in [-0.39, 0.29) is 17.7 Å². The molecule has 1 saturated heterocycles. The van der Waals surface area contributed by atoms with Crippen molar-refractivity contribution in [2.45, 2.75) is 70.4 Å². The number of nitrogens with zero attached hydrogens (tertiary/aromatic N) is 1. The van der Waals surface area contributed by atoms with Gasteiger partial charge in [-0.1, -0.05) is 32.9 Å². The molecule has 1 aliphatic heterocycles. The summed E-state index contributed by atoms with van der Waals surface area (Å²) in [5, 5.41) is 3.13. The molecule has 2 aromatic rings. The summed E-state index contributed by atoms with van der Waals surface area (Å²) >= 11 is 0. The fourth-order valence-corrected chi connectivity index (χ4v) is 4.86. The highest BCUT2D eigenvalue weighted by atomic mass is 32.2. The molecule has 0 spiro atoms. The first kappa shape index (κ1) is 25.1. The number of carbonyl (C=O) groups is 1. The van der Waals surface area contributed by atoms with Gasteiger partial charge in [0.1, 0.15) is 5.75 Å². The van der Waals surface area contributed by atoms with Crippen molar-refractivity contribution >= 4 is 21.4 Å². The van der Waals surface area contributed by atoms with Crippen LogP contribution in [0.5, 0.6) is 5.75 Å². The van der Waals surface area contributed by atoms with Gasteiger partial charge < -0.3 is 15.0 Å². The van der Waals surface area contributed by atoms with Crippen LogP contribution in [0.2, 0.25) is 0 Å². The molecule has 1 aliphatic rings. The molecule has 1 N–H and O–H groups in total. The molecule has 0 bridgehead atoms. The van der Waals surface area contributed by atoms with Gasteiger partial charge in [-0.05, 0) is 74.1 Å². The summed E-state index contributed by atoms with van der Waals surface area (Å²) in [6.45, 7) is 11.3. The first-order valence-corrected chi connectivity index (χ1v) is 13.4. The molecule has 1 heterocycles. The Bertz CT molecular complexity index is 1060. The minimum Gasteiger partial charge on any atom is -0.481 e. The first-order valence-electron chi connectivity index (χ1n) is 11.8. The van der Waals surface area contributed by atoms with E-state index in [1.807, 2.05) is 31.2 Å². The van der Waals surface area contributed by atoms with Crippen LogP contribution in [0, 0.1) is 6.92 Å². The van der Waals surface area contributed by atoms with Crippen molar-refractivity contribution in [3.63, 3.8) is 0 Å². The summed E-state index contributed by atoms with van der Waals surface area (Å²) in [6.07, 6.45) is 1.09. The van der Waals surface area contributed by atoms with E-state index in [1.165, 1.54) is 5.56 Å². The number of rotatable bonds is 8. The SMILES string of the molecule is CCS(=O)(=O)c1ccc(N2CCC(NC(=O)C(C)Oc3cc(C(C)C)ccc3C)CC2)cc1. The third-order valence-corrected chi connectivity index (χ3v) is 8.08. The average Bonchev–Trinajstić information content (AvgIpc) is 2.80. The maximum Gasteiger partial charge on any atom is 0.260 e. The number of aryl methyl sites for hydroxylation is 1. The van der Waals surface area contributed by atoms with Crippen molar-refractivity contribution in [1.29, 1.82) is 0 Å². The molecule has 3 rings (SSSR count). The average molecular weight is 473 g/mol. The van der Waals surface area contributed by atoms with Crippen molar-refractivity contribution in [1.82, 2.24) is 5.32 Å². The number of benzene rings is 2. The quantitative estimate of drug-likeness (QED) is 0.614. The van der Waals surface area contributed by atoms with Gasteiger partial charge in [0.2, 0.25) is 0 Å². The number of amides is 1. The Morgan fingerprint density at radius 2 is 1.73 bits per heavy atom. The van der Waals surface area contributed by atoms with E-state index >= 15 is 0 Å². The zero-order chi connectivity index (χ0) is 24.2. The minimum absolute atomic E-state index is 0.0995. The number of carbonyl (C=O) groups excluding carboxylic acids is 1. The smallest absolute Gasteiger partial charge is 0.260 e. The largest absolute Gasteiger partial charge is 0.481 e. The maximum absolute atomic E-state index is 12.8. The molecule has 0 aromatic heterocycles. The molecule has 1 fully saturated rings. The van der Waals surface area contributed by atoms with Gasteiger partial charge in [-0.25, -0.2) is 8.42 Å². The van der Waals surface area contributed by atoms with Crippen LogP contribution in [0.3, 0.4) is 0 Å². The lowest BCUT2D eigenvalue weighted by Crippen LogP contribution is -2.48. The zero-order valence-corrected chi connectivity index (χ0v) is 21.1. The lowest BCUT2D eigenvalue weighted by Gasteiger charge is -2.34. The van der Waals surface area contributed by atoms with E-state index < -0.39 is 15.9 Å². The van der Waals surface area contributed by atoms with E-state index in [0.717, 1.165) is 42.9 Å². The topological polar surface area (TPSA) is 75.7 Å². The Kier molecular flexibility index (Phi) is 8.05. The van der Waals surface area contributed by atoms with Crippen molar-refractivity contribution in [3.05, 3.63) is 53.6 Å². The van der Waals surface area contributed by atoms with Crippen LogP contribution in [0.25, 0.3) is 0 Å².